The van der Waals surface area contributed by atoms with Crippen molar-refractivity contribution in [1.29, 1.82) is 0 Å². The molecule has 3 aromatic carbocycles. The molecular formula is C32H28F2N3OS2+. The molecule has 40 heavy (non-hydrogen) atoms. The molecule has 4 nitrogen and oxygen atoms in total. The van der Waals surface area contributed by atoms with Crippen LogP contribution in [0.4, 0.5) is 14.6 Å². The van der Waals surface area contributed by atoms with Crippen molar-refractivity contribution in [2.45, 2.75) is 42.2 Å². The van der Waals surface area contributed by atoms with E-state index in [0.29, 0.717) is 17.1 Å². The van der Waals surface area contributed by atoms with Gasteiger partial charge in [-0.3, -0.25) is 0 Å². The summed E-state index contributed by atoms with van der Waals surface area (Å²) in [6.07, 6.45) is 6.69. The van der Waals surface area contributed by atoms with Crippen LogP contribution in [0.25, 0.3) is 26.7 Å². The standard InChI is InChI=1S/C32H28F2N3OS2/c33-25-16-14-23(15-17-25)32-36-30(24-8-7-9-26(34)20-24)22-39(32)27-18-19-35-31(21-27)37-40(38,28-10-3-1-4-11-28)29-12-5-2-6-13-29/h1,3-4,7-11,14-22,29H,2,5-6,12-13H2/q+1. The van der Waals surface area contributed by atoms with E-state index < -0.39 is 20.2 Å². The van der Waals surface area contributed by atoms with Crippen molar-refractivity contribution in [3.63, 3.8) is 0 Å². The molecule has 1 aliphatic carbocycles. The van der Waals surface area contributed by atoms with E-state index in [1.54, 1.807) is 24.4 Å². The van der Waals surface area contributed by atoms with Gasteiger partial charge in [0.2, 0.25) is 0 Å². The van der Waals surface area contributed by atoms with E-state index in [1.165, 1.54) is 24.3 Å². The van der Waals surface area contributed by atoms with E-state index in [1.807, 2.05) is 53.9 Å². The number of aromatic nitrogens is 2. The van der Waals surface area contributed by atoms with Gasteiger partial charge < -0.3 is 0 Å². The van der Waals surface area contributed by atoms with Crippen LogP contribution >= 0.6 is 10.5 Å². The highest BCUT2D eigenvalue weighted by Crippen LogP contribution is 2.45. The fourth-order valence-corrected chi connectivity index (χ4v) is 9.59. The van der Waals surface area contributed by atoms with E-state index >= 15 is 0 Å². The minimum absolute atomic E-state index is 0.0288. The van der Waals surface area contributed by atoms with Crippen molar-refractivity contribution in [2.24, 2.45) is 4.36 Å². The molecule has 2 atom stereocenters. The summed E-state index contributed by atoms with van der Waals surface area (Å²) in [5.74, 6) is -0.258. The summed E-state index contributed by atoms with van der Waals surface area (Å²) in [6, 6.07) is 25.9. The topological polar surface area (TPSA) is 55.2 Å². The van der Waals surface area contributed by atoms with E-state index in [2.05, 4.69) is 4.98 Å². The summed E-state index contributed by atoms with van der Waals surface area (Å²) in [4.78, 5) is 11.0. The Kier molecular flexibility index (Phi) is 7.54. The molecule has 1 fully saturated rings. The molecule has 6 rings (SSSR count). The number of halogens is 2. The Balaban J connectivity index is 1.49. The molecule has 0 saturated heterocycles. The Hall–Kier alpha value is -3.75. The third kappa shape index (κ3) is 5.46. The number of rotatable bonds is 6. The average molecular weight is 573 g/mol. The zero-order valence-electron chi connectivity index (χ0n) is 21.8. The Morgan fingerprint density at radius 2 is 1.57 bits per heavy atom. The van der Waals surface area contributed by atoms with Crippen LogP contribution in [-0.2, 0) is 9.73 Å². The highest BCUT2D eigenvalue weighted by atomic mass is 32.2. The molecule has 0 bridgehead atoms. The Bertz CT molecular complexity index is 1760. The van der Waals surface area contributed by atoms with Gasteiger partial charge in [-0.05, 0) is 61.4 Å². The van der Waals surface area contributed by atoms with Crippen molar-refractivity contribution in [3.05, 3.63) is 114 Å². The first-order valence-electron chi connectivity index (χ1n) is 13.3. The van der Waals surface area contributed by atoms with E-state index in [9.17, 15) is 13.0 Å². The molecule has 0 radical (unpaired) electrons. The van der Waals surface area contributed by atoms with Crippen LogP contribution in [0.1, 0.15) is 32.1 Å². The van der Waals surface area contributed by atoms with Crippen molar-refractivity contribution < 1.29 is 13.0 Å². The molecule has 2 unspecified atom stereocenters. The number of thiazole rings is 1. The third-order valence-electron chi connectivity index (χ3n) is 7.16. The molecule has 0 aliphatic heterocycles. The molecule has 0 amide bonds. The Morgan fingerprint density at radius 3 is 2.33 bits per heavy atom. The van der Waals surface area contributed by atoms with Gasteiger partial charge in [0.15, 0.2) is 16.1 Å². The third-order valence-corrected chi connectivity index (χ3v) is 11.9. The van der Waals surface area contributed by atoms with Gasteiger partial charge in [0, 0.05) is 44.5 Å². The van der Waals surface area contributed by atoms with Gasteiger partial charge in [0.1, 0.15) is 17.3 Å². The molecule has 1 aliphatic rings. The first-order chi connectivity index (χ1) is 19.5. The second-order valence-electron chi connectivity index (χ2n) is 9.86. The molecule has 8 heteroatoms. The number of nitrogens with zero attached hydrogens (tertiary/aromatic N) is 3. The summed E-state index contributed by atoms with van der Waals surface area (Å²) >= 11 is 0. The van der Waals surface area contributed by atoms with Crippen LogP contribution in [0.3, 0.4) is 0 Å². The minimum atomic E-state index is -2.76. The predicted molar refractivity (Wildman–Crippen MR) is 158 cm³/mol. The lowest BCUT2D eigenvalue weighted by molar-refractivity contribution is 0.502. The predicted octanol–water partition coefficient (Wildman–Crippen LogP) is 9.32. The summed E-state index contributed by atoms with van der Waals surface area (Å²) < 4.78 is 47.3. The van der Waals surface area contributed by atoms with Gasteiger partial charge in [0.05, 0.1) is 15.3 Å². The van der Waals surface area contributed by atoms with Crippen LogP contribution in [0.2, 0.25) is 0 Å². The number of benzene rings is 3. The average Bonchev–Trinajstić information content (AvgIpc) is 3.44. The minimum Gasteiger partial charge on any atom is -0.244 e. The number of hydrogen-bond acceptors (Lipinski definition) is 4. The lowest BCUT2D eigenvalue weighted by Crippen LogP contribution is -2.23. The summed E-state index contributed by atoms with van der Waals surface area (Å²) in [7, 11) is -3.42. The van der Waals surface area contributed by atoms with Crippen LogP contribution in [0, 0.1) is 11.6 Å². The fourth-order valence-electron chi connectivity index (χ4n) is 5.14. The first kappa shape index (κ1) is 26.5. The molecule has 0 N–H and O–H groups in total. The summed E-state index contributed by atoms with van der Waals surface area (Å²) in [5.41, 5.74) is 2.09. The molecule has 2 aromatic heterocycles. The van der Waals surface area contributed by atoms with Crippen LogP contribution < -0.4 is 0 Å². The maximum absolute atomic E-state index is 14.6. The zero-order chi connectivity index (χ0) is 27.5. The molecular weight excluding hydrogens is 545 g/mol. The van der Waals surface area contributed by atoms with E-state index in [0.717, 1.165) is 52.5 Å². The van der Waals surface area contributed by atoms with Crippen LogP contribution in [0.5, 0.6) is 0 Å². The number of hydrogen-bond donors (Lipinski definition) is 0. The highest BCUT2D eigenvalue weighted by Gasteiger charge is 2.29. The maximum atomic E-state index is 14.6. The second kappa shape index (κ2) is 11.4. The van der Waals surface area contributed by atoms with Gasteiger partial charge in [-0.1, -0.05) is 49.6 Å². The molecule has 2 heterocycles. The van der Waals surface area contributed by atoms with Gasteiger partial charge in [0.25, 0.3) is 5.01 Å². The zero-order valence-corrected chi connectivity index (χ0v) is 23.4. The summed E-state index contributed by atoms with van der Waals surface area (Å²) in [5, 5.41) is 2.72. The molecule has 202 valence electrons. The van der Waals surface area contributed by atoms with E-state index in [4.69, 9.17) is 9.35 Å². The monoisotopic (exact) mass is 572 g/mol. The highest BCUT2D eigenvalue weighted by molar-refractivity contribution is 7.94. The fraction of sp³-hybridized carbons (Fsp3) is 0.188. The largest absolute Gasteiger partial charge is 0.280 e. The quantitative estimate of drug-likeness (QED) is 0.191. The van der Waals surface area contributed by atoms with Crippen molar-refractivity contribution in [1.82, 2.24) is 9.97 Å². The first-order valence-corrected chi connectivity index (χ1v) is 16.2. The molecule has 5 aromatic rings. The van der Waals surface area contributed by atoms with Gasteiger partial charge in [-0.2, -0.15) is 9.35 Å². The molecule has 0 spiro atoms. The second-order valence-corrected chi connectivity index (χ2v) is 14.1. The van der Waals surface area contributed by atoms with E-state index in [-0.39, 0.29) is 16.9 Å². The van der Waals surface area contributed by atoms with Gasteiger partial charge in [-0.25, -0.2) is 18.0 Å². The lowest BCUT2D eigenvalue weighted by Gasteiger charge is -2.25. The normalized spacial score (nSPS) is 15.9. The Labute approximate surface area is 236 Å². The summed E-state index contributed by atoms with van der Waals surface area (Å²) in [6.45, 7) is 0. The molecule has 1 saturated carbocycles. The Morgan fingerprint density at radius 1 is 0.800 bits per heavy atom. The van der Waals surface area contributed by atoms with Crippen LogP contribution in [0.15, 0.2) is 112 Å². The number of pyridine rings is 1. The smallest absolute Gasteiger partial charge is 0.244 e. The van der Waals surface area contributed by atoms with Crippen molar-refractivity contribution >= 4 is 26.0 Å². The maximum Gasteiger partial charge on any atom is 0.280 e. The van der Waals surface area contributed by atoms with Gasteiger partial charge in [-0.15, -0.1) is 0 Å². The van der Waals surface area contributed by atoms with Crippen molar-refractivity contribution in [3.8, 4) is 26.7 Å². The van der Waals surface area contributed by atoms with Crippen molar-refractivity contribution in [2.75, 3.05) is 0 Å². The SMILES string of the molecule is O=S(=Nc1cc(-[s+]2cc(-c3cccc(F)c3)nc2-c2ccc(F)cc2)ccn1)(c1ccccc1)C1CCCCC1. The van der Waals surface area contributed by atoms with Gasteiger partial charge >= 0.3 is 0 Å². The lowest BCUT2D eigenvalue weighted by atomic mass is 10.0. The van der Waals surface area contributed by atoms with Crippen LogP contribution in [-0.4, -0.2) is 19.4 Å².